The van der Waals surface area contributed by atoms with E-state index in [4.69, 9.17) is 9.47 Å². The van der Waals surface area contributed by atoms with E-state index in [1.807, 2.05) is 18.2 Å². The van der Waals surface area contributed by atoms with Crippen LogP contribution in [0.3, 0.4) is 0 Å². The first-order valence-corrected chi connectivity index (χ1v) is 12.4. The van der Waals surface area contributed by atoms with Crippen molar-refractivity contribution in [3.63, 3.8) is 0 Å². The van der Waals surface area contributed by atoms with Gasteiger partial charge in [0.25, 0.3) is 10.2 Å². The molecule has 0 aliphatic carbocycles. The normalized spacial score (nSPS) is 21.1. The van der Waals surface area contributed by atoms with Gasteiger partial charge >= 0.3 is 0 Å². The monoisotopic (exact) mass is 448 g/mol. The molecule has 0 saturated carbocycles. The highest BCUT2D eigenvalue weighted by atomic mass is 32.2. The summed E-state index contributed by atoms with van der Waals surface area (Å²) in [5.41, 5.74) is 3.23. The molecule has 1 aromatic heterocycles. The molecule has 3 heterocycles. The van der Waals surface area contributed by atoms with Crippen LogP contribution < -0.4 is 4.74 Å². The van der Waals surface area contributed by atoms with Crippen molar-refractivity contribution < 1.29 is 17.9 Å². The Morgan fingerprint density at radius 1 is 1.16 bits per heavy atom. The third-order valence-corrected chi connectivity index (χ3v) is 8.03. The maximum atomic E-state index is 12.9. The van der Waals surface area contributed by atoms with Gasteiger partial charge in [0.1, 0.15) is 5.75 Å². The summed E-state index contributed by atoms with van der Waals surface area (Å²) < 4.78 is 40.0. The second kappa shape index (κ2) is 9.68. The number of aromatic nitrogens is 2. The molecular formula is C22H32N4O4S. The summed E-state index contributed by atoms with van der Waals surface area (Å²) in [6, 6.07) is 10.3. The van der Waals surface area contributed by atoms with Gasteiger partial charge < -0.3 is 9.47 Å². The molecule has 9 heteroatoms. The minimum absolute atomic E-state index is 0.116. The third kappa shape index (κ3) is 5.28. The lowest BCUT2D eigenvalue weighted by Crippen LogP contribution is -2.47. The molecule has 2 saturated heterocycles. The van der Waals surface area contributed by atoms with Crippen LogP contribution in [0.25, 0.3) is 0 Å². The minimum Gasteiger partial charge on any atom is -0.493 e. The van der Waals surface area contributed by atoms with Crippen LogP contribution in [-0.4, -0.2) is 73.2 Å². The molecule has 0 radical (unpaired) electrons. The van der Waals surface area contributed by atoms with Crippen LogP contribution >= 0.6 is 0 Å². The summed E-state index contributed by atoms with van der Waals surface area (Å²) in [6.45, 7) is 7.69. The Morgan fingerprint density at radius 3 is 2.61 bits per heavy atom. The van der Waals surface area contributed by atoms with E-state index in [0.29, 0.717) is 51.9 Å². The van der Waals surface area contributed by atoms with Crippen molar-refractivity contribution in [2.75, 3.05) is 46.0 Å². The fourth-order valence-electron chi connectivity index (χ4n) is 4.06. The van der Waals surface area contributed by atoms with Gasteiger partial charge in [0.2, 0.25) is 0 Å². The van der Waals surface area contributed by atoms with Crippen LogP contribution in [0.15, 0.2) is 30.3 Å². The molecule has 2 aliphatic rings. The van der Waals surface area contributed by atoms with Crippen molar-refractivity contribution in [1.29, 1.82) is 0 Å². The van der Waals surface area contributed by atoms with Gasteiger partial charge in [-0.15, -0.1) is 0 Å². The molecule has 0 amide bonds. The van der Waals surface area contributed by atoms with E-state index in [2.05, 4.69) is 36.2 Å². The molecule has 0 unspecified atom stereocenters. The molecule has 170 valence electrons. The molecule has 1 N–H and O–H groups in total. The Morgan fingerprint density at radius 2 is 1.90 bits per heavy atom. The Labute approximate surface area is 184 Å². The quantitative estimate of drug-likeness (QED) is 0.671. The largest absolute Gasteiger partial charge is 0.493 e. The van der Waals surface area contributed by atoms with E-state index in [9.17, 15) is 8.42 Å². The van der Waals surface area contributed by atoms with Crippen molar-refractivity contribution in [3.8, 4) is 5.75 Å². The average Bonchev–Trinajstić information content (AvgIpc) is 3.45. The minimum atomic E-state index is -3.42. The number of aromatic amines is 1. The summed E-state index contributed by atoms with van der Waals surface area (Å²) in [5, 5.41) is 7.53. The number of ether oxygens (including phenoxy) is 2. The fraction of sp³-hybridized carbons (Fsp3) is 0.591. The Balaban J connectivity index is 1.28. The van der Waals surface area contributed by atoms with Crippen molar-refractivity contribution in [2.24, 2.45) is 0 Å². The zero-order chi connectivity index (χ0) is 21.8. The first kappa shape index (κ1) is 22.3. The summed E-state index contributed by atoms with van der Waals surface area (Å²) >= 11 is 0. The molecule has 0 bridgehead atoms. The number of rotatable bonds is 8. The molecule has 1 aromatic carbocycles. The fourth-order valence-corrected chi connectivity index (χ4v) is 5.71. The first-order chi connectivity index (χ1) is 14.9. The molecule has 2 aromatic rings. The highest BCUT2D eigenvalue weighted by molar-refractivity contribution is 7.86. The number of H-pyrrole nitrogens is 1. The standard InChI is InChI=1S/C22H32N4O4S/c1-17(2)18-3-5-21(6-4-18)30-12-8-20-15-22(24-23-20)19-7-9-26(16-19)31(27,28)25-10-13-29-14-11-25/h3-6,15,17,19H,7-14,16H2,1-2H3,(H,23,24)/t19-/m0/s1. The second-order valence-electron chi connectivity index (χ2n) is 8.50. The van der Waals surface area contributed by atoms with Crippen molar-refractivity contribution in [1.82, 2.24) is 18.8 Å². The van der Waals surface area contributed by atoms with Gasteiger partial charge in [-0.05, 0) is 36.1 Å². The molecular weight excluding hydrogens is 416 g/mol. The maximum absolute atomic E-state index is 12.9. The molecule has 0 spiro atoms. The SMILES string of the molecule is CC(C)c1ccc(OCCc2cc([C@H]3CCN(S(=O)(=O)N4CCOCC4)C3)n[nH]2)cc1. The molecule has 8 nitrogen and oxygen atoms in total. The molecule has 2 aliphatic heterocycles. The second-order valence-corrected chi connectivity index (χ2v) is 10.4. The smallest absolute Gasteiger partial charge is 0.282 e. The highest BCUT2D eigenvalue weighted by Crippen LogP contribution is 2.29. The van der Waals surface area contributed by atoms with Gasteiger partial charge in [-0.1, -0.05) is 26.0 Å². The van der Waals surface area contributed by atoms with E-state index in [1.54, 1.807) is 4.31 Å². The van der Waals surface area contributed by atoms with Crippen molar-refractivity contribution in [3.05, 3.63) is 47.3 Å². The zero-order valence-corrected chi connectivity index (χ0v) is 19.1. The van der Waals surface area contributed by atoms with Gasteiger partial charge in [-0.3, -0.25) is 5.10 Å². The lowest BCUT2D eigenvalue weighted by atomic mass is 10.0. The van der Waals surface area contributed by atoms with Gasteiger partial charge in [0.15, 0.2) is 0 Å². The Bertz CT molecular complexity index is 952. The topological polar surface area (TPSA) is 87.8 Å². The number of benzene rings is 1. The third-order valence-electron chi connectivity index (χ3n) is 6.03. The number of hydrogen-bond acceptors (Lipinski definition) is 5. The van der Waals surface area contributed by atoms with Gasteiger partial charge in [-0.25, -0.2) is 0 Å². The molecule has 1 atom stereocenters. The van der Waals surface area contributed by atoms with Crippen LogP contribution in [0.2, 0.25) is 0 Å². The van der Waals surface area contributed by atoms with E-state index in [0.717, 1.165) is 30.0 Å². The zero-order valence-electron chi connectivity index (χ0n) is 18.3. The summed E-state index contributed by atoms with van der Waals surface area (Å²) in [7, 11) is -3.42. The molecule has 31 heavy (non-hydrogen) atoms. The van der Waals surface area contributed by atoms with Gasteiger partial charge in [0, 0.05) is 44.2 Å². The summed E-state index contributed by atoms with van der Waals surface area (Å²) in [6.07, 6.45) is 1.51. The van der Waals surface area contributed by atoms with Crippen LogP contribution in [-0.2, 0) is 21.4 Å². The maximum Gasteiger partial charge on any atom is 0.282 e. The van der Waals surface area contributed by atoms with E-state index < -0.39 is 10.2 Å². The summed E-state index contributed by atoms with van der Waals surface area (Å²) in [4.78, 5) is 0. The van der Waals surface area contributed by atoms with Gasteiger partial charge in [-0.2, -0.15) is 22.1 Å². The van der Waals surface area contributed by atoms with E-state index >= 15 is 0 Å². The number of morpholine rings is 1. The predicted octanol–water partition coefficient (Wildman–Crippen LogP) is 2.52. The molecule has 4 rings (SSSR count). The average molecular weight is 449 g/mol. The van der Waals surface area contributed by atoms with Crippen molar-refractivity contribution >= 4 is 10.2 Å². The van der Waals surface area contributed by atoms with Crippen LogP contribution in [0.5, 0.6) is 5.75 Å². The predicted molar refractivity (Wildman–Crippen MR) is 119 cm³/mol. The summed E-state index contributed by atoms with van der Waals surface area (Å²) in [5.74, 6) is 1.49. The van der Waals surface area contributed by atoms with Crippen LogP contribution in [0, 0.1) is 0 Å². The van der Waals surface area contributed by atoms with Crippen molar-refractivity contribution in [2.45, 2.75) is 38.5 Å². The highest BCUT2D eigenvalue weighted by Gasteiger charge is 2.37. The van der Waals surface area contributed by atoms with Crippen LogP contribution in [0.4, 0.5) is 0 Å². The van der Waals surface area contributed by atoms with E-state index in [-0.39, 0.29) is 5.92 Å². The molecule has 2 fully saturated rings. The number of nitrogens with zero attached hydrogens (tertiary/aromatic N) is 3. The first-order valence-electron chi connectivity index (χ1n) is 11.0. The number of nitrogens with one attached hydrogen (secondary N) is 1. The van der Waals surface area contributed by atoms with Gasteiger partial charge in [0.05, 0.1) is 25.5 Å². The van der Waals surface area contributed by atoms with Crippen LogP contribution in [0.1, 0.15) is 49.1 Å². The van der Waals surface area contributed by atoms with E-state index in [1.165, 1.54) is 9.87 Å². The lowest BCUT2D eigenvalue weighted by Gasteiger charge is -2.30. The number of hydrogen-bond donors (Lipinski definition) is 1. The lowest BCUT2D eigenvalue weighted by molar-refractivity contribution is 0.0705. The Hall–Kier alpha value is -1.94. The Kier molecular flexibility index (Phi) is 6.95.